The number of anilines is 2. The van der Waals surface area contributed by atoms with Crippen LogP contribution in [0.5, 0.6) is 0 Å². The number of carbonyl (C=O) groups is 1. The lowest BCUT2D eigenvalue weighted by atomic mass is 10.2. The number of nitrogens with one attached hydrogen (secondary N) is 1. The molecule has 1 aromatic carbocycles. The summed E-state index contributed by atoms with van der Waals surface area (Å²) in [6.07, 6.45) is 4.15. The van der Waals surface area contributed by atoms with E-state index in [1.54, 1.807) is 11.3 Å². The Morgan fingerprint density at radius 1 is 1.19 bits per heavy atom. The normalized spacial score (nSPS) is 15.5. The van der Waals surface area contributed by atoms with Crippen molar-refractivity contribution >= 4 is 33.6 Å². The van der Waals surface area contributed by atoms with Crippen LogP contribution in [-0.4, -0.2) is 52.9 Å². The summed E-state index contributed by atoms with van der Waals surface area (Å²) in [4.78, 5) is 22.5. The number of aromatic nitrogens is 2. The molecule has 0 saturated carbocycles. The minimum Gasteiger partial charge on any atom is -0.369 e. The van der Waals surface area contributed by atoms with Crippen LogP contribution >= 0.6 is 11.3 Å². The highest BCUT2D eigenvalue weighted by Gasteiger charge is 2.16. The highest BCUT2D eigenvalue weighted by atomic mass is 32.1. The summed E-state index contributed by atoms with van der Waals surface area (Å²) in [6, 6.07) is 8.13. The highest BCUT2D eigenvalue weighted by molar-refractivity contribution is 7.15. The number of amides is 1. The summed E-state index contributed by atoms with van der Waals surface area (Å²) in [5, 5.41) is 4.94. The van der Waals surface area contributed by atoms with E-state index < -0.39 is 0 Å². The summed E-state index contributed by atoms with van der Waals surface area (Å²) >= 11 is 1.57. The molecule has 26 heavy (non-hydrogen) atoms. The standard InChI is InChI=1S/C19H23N5OS/c1-2-22-7-9-23(10-8-22)17-5-3-15(4-6-17)20-18(25)13-16-14-24-11-12-26-19(24)21-16/h3-6,11-12,14H,2,7-10,13H2,1H3,(H,20,25). The molecule has 1 amide bonds. The Labute approximate surface area is 157 Å². The van der Waals surface area contributed by atoms with Crippen molar-refractivity contribution in [3.63, 3.8) is 0 Å². The number of piperazine rings is 1. The van der Waals surface area contributed by atoms with Gasteiger partial charge in [-0.15, -0.1) is 11.3 Å². The Bertz CT molecular complexity index is 848. The molecule has 4 rings (SSSR count). The molecule has 1 saturated heterocycles. The van der Waals surface area contributed by atoms with E-state index in [1.807, 2.05) is 34.3 Å². The fourth-order valence-corrected chi connectivity index (χ4v) is 4.03. The van der Waals surface area contributed by atoms with Crippen molar-refractivity contribution in [2.45, 2.75) is 13.3 Å². The number of hydrogen-bond acceptors (Lipinski definition) is 5. The van der Waals surface area contributed by atoms with Gasteiger partial charge in [-0.1, -0.05) is 6.92 Å². The first-order valence-electron chi connectivity index (χ1n) is 8.99. The third-order valence-electron chi connectivity index (χ3n) is 4.82. The maximum Gasteiger partial charge on any atom is 0.230 e. The third-order valence-corrected chi connectivity index (χ3v) is 5.59. The van der Waals surface area contributed by atoms with Gasteiger partial charge in [-0.25, -0.2) is 4.98 Å². The lowest BCUT2D eigenvalue weighted by molar-refractivity contribution is -0.115. The topological polar surface area (TPSA) is 52.9 Å². The molecule has 6 nitrogen and oxygen atoms in total. The monoisotopic (exact) mass is 369 g/mol. The Hall–Kier alpha value is -2.38. The van der Waals surface area contributed by atoms with Gasteiger partial charge in [0.2, 0.25) is 5.91 Å². The molecule has 1 fully saturated rings. The molecule has 0 bridgehead atoms. The molecule has 136 valence electrons. The number of fused-ring (bicyclic) bond motifs is 1. The number of imidazole rings is 1. The number of nitrogens with zero attached hydrogens (tertiary/aromatic N) is 4. The number of rotatable bonds is 5. The molecule has 1 aliphatic rings. The minimum atomic E-state index is -0.0416. The molecule has 1 aliphatic heterocycles. The smallest absolute Gasteiger partial charge is 0.230 e. The Balaban J connectivity index is 1.33. The summed E-state index contributed by atoms with van der Waals surface area (Å²) in [7, 11) is 0. The van der Waals surface area contributed by atoms with Gasteiger partial charge in [0.15, 0.2) is 4.96 Å². The molecule has 3 aromatic rings. The van der Waals surface area contributed by atoms with Gasteiger partial charge in [-0.3, -0.25) is 9.20 Å². The van der Waals surface area contributed by atoms with Gasteiger partial charge in [0, 0.05) is 55.3 Å². The largest absolute Gasteiger partial charge is 0.369 e. The molecule has 0 aliphatic carbocycles. The van der Waals surface area contributed by atoms with Gasteiger partial charge in [-0.05, 0) is 30.8 Å². The second-order valence-corrected chi connectivity index (χ2v) is 7.39. The van der Waals surface area contributed by atoms with Crippen molar-refractivity contribution in [1.29, 1.82) is 0 Å². The highest BCUT2D eigenvalue weighted by Crippen LogP contribution is 2.20. The number of likely N-dealkylation sites (N-methyl/N-ethyl adjacent to an activating group) is 1. The average Bonchev–Trinajstić information content (AvgIpc) is 3.24. The van der Waals surface area contributed by atoms with Crippen molar-refractivity contribution in [3.8, 4) is 0 Å². The SMILES string of the molecule is CCN1CCN(c2ccc(NC(=O)Cc3cn4ccsc4n3)cc2)CC1. The van der Waals surface area contributed by atoms with Crippen LogP contribution in [-0.2, 0) is 11.2 Å². The third kappa shape index (κ3) is 3.73. The Morgan fingerprint density at radius 2 is 1.96 bits per heavy atom. The predicted octanol–water partition coefficient (Wildman–Crippen LogP) is 2.72. The van der Waals surface area contributed by atoms with Crippen LogP contribution in [0.4, 0.5) is 11.4 Å². The van der Waals surface area contributed by atoms with Crippen LogP contribution in [0.15, 0.2) is 42.0 Å². The van der Waals surface area contributed by atoms with Crippen LogP contribution in [0.1, 0.15) is 12.6 Å². The van der Waals surface area contributed by atoms with Crippen molar-refractivity contribution in [2.24, 2.45) is 0 Å². The zero-order valence-electron chi connectivity index (χ0n) is 14.9. The van der Waals surface area contributed by atoms with E-state index in [0.717, 1.165) is 49.1 Å². The van der Waals surface area contributed by atoms with Crippen LogP contribution in [0.25, 0.3) is 4.96 Å². The Morgan fingerprint density at radius 3 is 2.65 bits per heavy atom. The van der Waals surface area contributed by atoms with Gasteiger partial charge in [0.05, 0.1) is 12.1 Å². The number of benzene rings is 1. The van der Waals surface area contributed by atoms with Crippen LogP contribution in [0.2, 0.25) is 0 Å². The van der Waals surface area contributed by atoms with Crippen LogP contribution in [0.3, 0.4) is 0 Å². The number of hydrogen-bond donors (Lipinski definition) is 1. The first kappa shape index (κ1) is 17.1. The van der Waals surface area contributed by atoms with E-state index >= 15 is 0 Å². The molecular weight excluding hydrogens is 346 g/mol. The summed E-state index contributed by atoms with van der Waals surface area (Å²) in [5.41, 5.74) is 2.83. The molecule has 0 atom stereocenters. The first-order valence-corrected chi connectivity index (χ1v) is 9.87. The second-order valence-electron chi connectivity index (χ2n) is 6.52. The van der Waals surface area contributed by atoms with E-state index in [9.17, 15) is 4.79 Å². The molecule has 3 heterocycles. The summed E-state index contributed by atoms with van der Waals surface area (Å²) in [5.74, 6) is -0.0416. The van der Waals surface area contributed by atoms with Gasteiger partial charge in [0.1, 0.15) is 0 Å². The first-order chi connectivity index (χ1) is 12.7. The zero-order chi connectivity index (χ0) is 17.9. The molecular formula is C19H23N5OS. The number of thiazole rings is 1. The van der Waals surface area contributed by atoms with Crippen molar-refractivity contribution in [2.75, 3.05) is 42.9 Å². The molecule has 7 heteroatoms. The predicted molar refractivity (Wildman–Crippen MR) is 106 cm³/mol. The van der Waals surface area contributed by atoms with Crippen molar-refractivity contribution in [3.05, 3.63) is 47.7 Å². The quantitative estimate of drug-likeness (QED) is 0.751. The molecule has 0 spiro atoms. The van der Waals surface area contributed by atoms with Gasteiger partial charge in [0.25, 0.3) is 0 Å². The van der Waals surface area contributed by atoms with E-state index in [-0.39, 0.29) is 12.3 Å². The van der Waals surface area contributed by atoms with Gasteiger partial charge in [-0.2, -0.15) is 0 Å². The fraction of sp³-hybridized carbons (Fsp3) is 0.368. The zero-order valence-corrected chi connectivity index (χ0v) is 15.7. The van der Waals surface area contributed by atoms with Crippen molar-refractivity contribution < 1.29 is 4.79 Å². The maximum absolute atomic E-state index is 12.3. The second kappa shape index (κ2) is 7.47. The van der Waals surface area contributed by atoms with E-state index in [0.29, 0.717) is 0 Å². The minimum absolute atomic E-state index is 0.0416. The molecule has 2 aromatic heterocycles. The summed E-state index contributed by atoms with van der Waals surface area (Å²) < 4.78 is 1.94. The molecule has 0 unspecified atom stereocenters. The average molecular weight is 369 g/mol. The van der Waals surface area contributed by atoms with Gasteiger partial charge < -0.3 is 15.1 Å². The van der Waals surface area contributed by atoms with Crippen molar-refractivity contribution in [1.82, 2.24) is 14.3 Å². The van der Waals surface area contributed by atoms with E-state index in [4.69, 9.17) is 0 Å². The Kier molecular flexibility index (Phi) is 4.90. The summed E-state index contributed by atoms with van der Waals surface area (Å²) in [6.45, 7) is 7.65. The van der Waals surface area contributed by atoms with Crippen LogP contribution < -0.4 is 10.2 Å². The lowest BCUT2D eigenvalue weighted by Gasteiger charge is -2.35. The van der Waals surface area contributed by atoms with E-state index in [1.165, 1.54) is 5.69 Å². The lowest BCUT2D eigenvalue weighted by Crippen LogP contribution is -2.46. The van der Waals surface area contributed by atoms with Gasteiger partial charge >= 0.3 is 0 Å². The van der Waals surface area contributed by atoms with E-state index in [2.05, 4.69) is 39.2 Å². The number of carbonyl (C=O) groups excluding carboxylic acids is 1. The molecule has 1 N–H and O–H groups in total. The molecule has 0 radical (unpaired) electrons. The van der Waals surface area contributed by atoms with Crippen LogP contribution in [0, 0.1) is 0 Å². The maximum atomic E-state index is 12.3. The fourth-order valence-electron chi connectivity index (χ4n) is 3.31.